The average Bonchev–Trinajstić information content (AvgIpc) is 3.03. The Morgan fingerprint density at radius 1 is 1.09 bits per heavy atom. The summed E-state index contributed by atoms with van der Waals surface area (Å²) in [4.78, 5) is 0. The Kier molecular flexibility index (Phi) is 5.94. The standard InChI is InChI=1S/C27H43F3O2/c1-17(10-13-26(5,32)27(28,29)30)20-8-9-21-19-7-6-18-16-23(2,31)14-15-24(18,3)22(19)11-12-25(20,21)4/h11,17-21,31-32H,6-10,12-16H2,1-5H3/t17-,18+,19+,20-,21+,23+,24+,25-,26-/m1/s1. The van der Waals surface area contributed by atoms with Gasteiger partial charge in [-0.2, -0.15) is 13.2 Å². The minimum absolute atomic E-state index is 0.140. The van der Waals surface area contributed by atoms with Gasteiger partial charge in [-0.3, -0.25) is 0 Å². The summed E-state index contributed by atoms with van der Waals surface area (Å²) in [5, 5.41) is 20.6. The first-order valence-corrected chi connectivity index (χ1v) is 12.8. The molecule has 3 saturated carbocycles. The number of alkyl halides is 3. The fourth-order valence-corrected chi connectivity index (χ4v) is 8.53. The monoisotopic (exact) mass is 456 g/mol. The van der Waals surface area contributed by atoms with Crippen LogP contribution in [-0.2, 0) is 0 Å². The molecule has 4 rings (SSSR count). The minimum atomic E-state index is -4.57. The molecule has 0 aromatic heterocycles. The van der Waals surface area contributed by atoms with Crippen LogP contribution in [0.3, 0.4) is 0 Å². The van der Waals surface area contributed by atoms with Crippen molar-refractivity contribution in [3.05, 3.63) is 11.6 Å². The number of allylic oxidation sites excluding steroid dienone is 2. The third kappa shape index (κ3) is 3.87. The number of fused-ring (bicyclic) bond motifs is 5. The molecule has 0 aromatic carbocycles. The summed E-state index contributed by atoms with van der Waals surface area (Å²) in [6.07, 6.45) is 6.59. The van der Waals surface area contributed by atoms with Gasteiger partial charge in [0.2, 0.25) is 0 Å². The van der Waals surface area contributed by atoms with Crippen molar-refractivity contribution in [2.75, 3.05) is 0 Å². The lowest BCUT2D eigenvalue weighted by Gasteiger charge is -2.58. The van der Waals surface area contributed by atoms with Gasteiger partial charge in [0.05, 0.1) is 5.60 Å². The number of hydrogen-bond acceptors (Lipinski definition) is 2. The van der Waals surface area contributed by atoms with Crippen LogP contribution in [0.1, 0.15) is 98.8 Å². The normalized spacial score (nSPS) is 47.0. The third-order valence-corrected chi connectivity index (χ3v) is 10.8. The fraction of sp³-hybridized carbons (Fsp3) is 0.926. The highest BCUT2D eigenvalue weighted by Gasteiger charge is 2.59. The molecule has 5 heteroatoms. The first kappa shape index (κ1) is 24.6. The molecule has 0 heterocycles. The Balaban J connectivity index is 1.51. The predicted molar refractivity (Wildman–Crippen MR) is 121 cm³/mol. The Hall–Kier alpha value is -0.550. The maximum absolute atomic E-state index is 13.1. The molecule has 32 heavy (non-hydrogen) atoms. The van der Waals surface area contributed by atoms with Gasteiger partial charge in [-0.1, -0.05) is 32.4 Å². The van der Waals surface area contributed by atoms with E-state index in [9.17, 15) is 23.4 Å². The number of rotatable bonds is 4. The molecule has 0 amide bonds. The van der Waals surface area contributed by atoms with Crippen molar-refractivity contribution in [1.82, 2.24) is 0 Å². The maximum atomic E-state index is 13.1. The number of aliphatic hydroxyl groups is 2. The zero-order chi connectivity index (χ0) is 23.7. The maximum Gasteiger partial charge on any atom is 0.416 e. The second kappa shape index (κ2) is 7.73. The molecule has 0 saturated heterocycles. The summed E-state index contributed by atoms with van der Waals surface area (Å²) in [5.41, 5.74) is -1.16. The van der Waals surface area contributed by atoms with E-state index in [-0.39, 0.29) is 23.2 Å². The first-order valence-electron chi connectivity index (χ1n) is 12.8. The van der Waals surface area contributed by atoms with Crippen molar-refractivity contribution in [3.63, 3.8) is 0 Å². The Morgan fingerprint density at radius 3 is 2.44 bits per heavy atom. The van der Waals surface area contributed by atoms with E-state index in [0.29, 0.717) is 30.1 Å². The van der Waals surface area contributed by atoms with Crippen LogP contribution in [0.5, 0.6) is 0 Å². The molecular formula is C27H43F3O2. The number of halogens is 3. The third-order valence-electron chi connectivity index (χ3n) is 10.8. The van der Waals surface area contributed by atoms with Crippen LogP contribution in [0.4, 0.5) is 13.2 Å². The second-order valence-electron chi connectivity index (χ2n) is 12.9. The van der Waals surface area contributed by atoms with Crippen molar-refractivity contribution in [1.29, 1.82) is 0 Å². The highest BCUT2D eigenvalue weighted by Crippen LogP contribution is 2.67. The molecule has 0 aliphatic heterocycles. The van der Waals surface area contributed by atoms with Gasteiger partial charge in [0.1, 0.15) is 0 Å². The first-order chi connectivity index (χ1) is 14.6. The smallest absolute Gasteiger partial charge is 0.390 e. The van der Waals surface area contributed by atoms with Gasteiger partial charge in [0.15, 0.2) is 5.60 Å². The predicted octanol–water partition coefficient (Wildman–Crippen LogP) is 7.05. The average molecular weight is 457 g/mol. The minimum Gasteiger partial charge on any atom is -0.390 e. The zero-order valence-electron chi connectivity index (χ0n) is 20.6. The molecule has 2 nitrogen and oxygen atoms in total. The van der Waals surface area contributed by atoms with Gasteiger partial charge in [-0.25, -0.2) is 0 Å². The molecule has 4 aliphatic rings. The van der Waals surface area contributed by atoms with E-state index in [2.05, 4.69) is 26.8 Å². The lowest BCUT2D eigenvalue weighted by atomic mass is 9.47. The van der Waals surface area contributed by atoms with Gasteiger partial charge in [-0.05, 0) is 118 Å². The van der Waals surface area contributed by atoms with Crippen LogP contribution < -0.4 is 0 Å². The van der Waals surface area contributed by atoms with E-state index < -0.39 is 17.4 Å². The summed E-state index contributed by atoms with van der Waals surface area (Å²) in [7, 11) is 0. The molecule has 0 radical (unpaired) electrons. The Bertz CT molecular complexity index is 754. The Labute approximate surface area is 192 Å². The Morgan fingerprint density at radius 2 is 1.78 bits per heavy atom. The van der Waals surface area contributed by atoms with Crippen LogP contribution >= 0.6 is 0 Å². The molecule has 0 aromatic rings. The molecular weight excluding hydrogens is 413 g/mol. The molecule has 9 atom stereocenters. The van der Waals surface area contributed by atoms with Gasteiger partial charge < -0.3 is 10.2 Å². The van der Waals surface area contributed by atoms with E-state index in [0.717, 1.165) is 39.0 Å². The quantitative estimate of drug-likeness (QED) is 0.445. The zero-order valence-corrected chi connectivity index (χ0v) is 20.6. The van der Waals surface area contributed by atoms with Crippen LogP contribution in [0, 0.1) is 40.4 Å². The van der Waals surface area contributed by atoms with E-state index in [1.807, 2.05) is 6.92 Å². The summed E-state index contributed by atoms with van der Waals surface area (Å²) in [6, 6.07) is 0. The highest BCUT2D eigenvalue weighted by molar-refractivity contribution is 5.29. The van der Waals surface area contributed by atoms with Crippen molar-refractivity contribution < 1.29 is 23.4 Å². The van der Waals surface area contributed by atoms with Crippen LogP contribution in [0.15, 0.2) is 11.6 Å². The van der Waals surface area contributed by atoms with E-state index in [1.165, 1.54) is 19.3 Å². The molecule has 0 spiro atoms. The topological polar surface area (TPSA) is 40.5 Å². The lowest BCUT2D eigenvalue weighted by molar-refractivity contribution is -0.256. The second-order valence-corrected chi connectivity index (χ2v) is 12.9. The summed E-state index contributed by atoms with van der Waals surface area (Å²) < 4.78 is 39.4. The van der Waals surface area contributed by atoms with Gasteiger partial charge >= 0.3 is 6.18 Å². The van der Waals surface area contributed by atoms with E-state index in [4.69, 9.17) is 0 Å². The molecule has 2 N–H and O–H groups in total. The molecule has 3 fully saturated rings. The van der Waals surface area contributed by atoms with Crippen LogP contribution in [-0.4, -0.2) is 27.6 Å². The van der Waals surface area contributed by atoms with Gasteiger partial charge in [0.25, 0.3) is 0 Å². The molecule has 0 bridgehead atoms. The lowest BCUT2D eigenvalue weighted by Crippen LogP contribution is -2.51. The summed E-state index contributed by atoms with van der Waals surface area (Å²) >= 11 is 0. The van der Waals surface area contributed by atoms with Gasteiger partial charge in [0, 0.05) is 0 Å². The highest BCUT2D eigenvalue weighted by atomic mass is 19.4. The molecule has 184 valence electrons. The SMILES string of the molecule is C[C@H](CC[C@@](C)(O)C(F)(F)F)[C@H]1CC[C@H]2[C@@H]3CC[C@H]4C[C@@](C)(O)CC[C@]4(C)C3=CC[C@]12C. The van der Waals surface area contributed by atoms with Crippen molar-refractivity contribution in [2.45, 2.75) is 116 Å². The summed E-state index contributed by atoms with van der Waals surface area (Å²) in [5.74, 6) is 2.34. The molecule has 4 aliphatic carbocycles. The van der Waals surface area contributed by atoms with Crippen molar-refractivity contribution in [2.24, 2.45) is 40.4 Å². The number of hydrogen-bond donors (Lipinski definition) is 2. The van der Waals surface area contributed by atoms with Crippen LogP contribution in [0.25, 0.3) is 0 Å². The summed E-state index contributed by atoms with van der Waals surface area (Å²) in [6.45, 7) is 9.83. The van der Waals surface area contributed by atoms with E-state index in [1.54, 1.807) is 5.57 Å². The van der Waals surface area contributed by atoms with Gasteiger partial charge in [-0.15, -0.1) is 0 Å². The van der Waals surface area contributed by atoms with Crippen molar-refractivity contribution in [3.8, 4) is 0 Å². The van der Waals surface area contributed by atoms with Crippen molar-refractivity contribution >= 4 is 0 Å². The van der Waals surface area contributed by atoms with E-state index >= 15 is 0 Å². The molecule has 0 unspecified atom stereocenters. The largest absolute Gasteiger partial charge is 0.416 e. The van der Waals surface area contributed by atoms with Crippen LogP contribution in [0.2, 0.25) is 0 Å². The fourth-order valence-electron chi connectivity index (χ4n) is 8.53.